The highest BCUT2D eigenvalue weighted by atomic mass is 16.2. The number of aromatic nitrogens is 3. The van der Waals surface area contributed by atoms with Crippen molar-refractivity contribution in [3.8, 4) is 0 Å². The normalized spacial score (nSPS) is 24.6. The van der Waals surface area contributed by atoms with Gasteiger partial charge in [0, 0.05) is 12.6 Å². The second-order valence-electron chi connectivity index (χ2n) is 4.83. The van der Waals surface area contributed by atoms with E-state index < -0.39 is 0 Å². The van der Waals surface area contributed by atoms with Crippen LogP contribution in [0, 0.1) is 0 Å². The Bertz CT molecular complexity index is 406. The molecule has 0 spiro atoms. The van der Waals surface area contributed by atoms with Crippen molar-refractivity contribution in [3.05, 3.63) is 11.9 Å². The van der Waals surface area contributed by atoms with E-state index in [2.05, 4.69) is 20.9 Å². The van der Waals surface area contributed by atoms with E-state index in [-0.39, 0.29) is 5.91 Å². The minimum Gasteiger partial charge on any atom is -0.348 e. The maximum Gasteiger partial charge on any atom is 0.273 e. The van der Waals surface area contributed by atoms with Gasteiger partial charge in [0.2, 0.25) is 0 Å². The summed E-state index contributed by atoms with van der Waals surface area (Å²) in [5.74, 6) is -0.0949. The van der Waals surface area contributed by atoms with Crippen LogP contribution in [-0.4, -0.2) is 40.0 Å². The molecule has 92 valence electrons. The molecule has 0 unspecified atom stereocenters. The molecule has 1 saturated carbocycles. The second kappa shape index (κ2) is 4.44. The molecule has 2 heterocycles. The molecule has 0 radical (unpaired) electrons. The predicted octanol–water partition coefficient (Wildman–Crippen LogP) is 0.0948. The number of piperidine rings is 1. The summed E-state index contributed by atoms with van der Waals surface area (Å²) >= 11 is 0. The highest BCUT2D eigenvalue weighted by molar-refractivity contribution is 5.92. The van der Waals surface area contributed by atoms with Gasteiger partial charge in [-0.15, -0.1) is 5.10 Å². The summed E-state index contributed by atoms with van der Waals surface area (Å²) in [4.78, 5) is 11.7. The van der Waals surface area contributed by atoms with E-state index in [1.54, 1.807) is 6.20 Å². The van der Waals surface area contributed by atoms with Crippen LogP contribution < -0.4 is 10.6 Å². The smallest absolute Gasteiger partial charge is 0.273 e. The molecule has 17 heavy (non-hydrogen) atoms. The first-order chi connectivity index (χ1) is 8.33. The molecule has 0 aromatic carbocycles. The summed E-state index contributed by atoms with van der Waals surface area (Å²) in [6.45, 7) is 1.98. The maximum absolute atomic E-state index is 11.7. The van der Waals surface area contributed by atoms with Crippen molar-refractivity contribution in [1.29, 1.82) is 0 Å². The Balaban J connectivity index is 1.65. The molecule has 6 nitrogen and oxygen atoms in total. The van der Waals surface area contributed by atoms with Gasteiger partial charge >= 0.3 is 0 Å². The molecule has 2 fully saturated rings. The fourth-order valence-corrected chi connectivity index (χ4v) is 2.11. The zero-order valence-electron chi connectivity index (χ0n) is 9.72. The molecular weight excluding hydrogens is 218 g/mol. The molecule has 1 aliphatic heterocycles. The Morgan fingerprint density at radius 3 is 3.06 bits per heavy atom. The average molecular weight is 235 g/mol. The first-order valence-corrected chi connectivity index (χ1v) is 6.26. The van der Waals surface area contributed by atoms with Gasteiger partial charge in [-0.1, -0.05) is 5.21 Å². The lowest BCUT2D eigenvalue weighted by molar-refractivity contribution is 0.0946. The number of nitrogens with zero attached hydrogens (tertiary/aromatic N) is 3. The Hall–Kier alpha value is -1.43. The maximum atomic E-state index is 11.7. The third kappa shape index (κ3) is 2.46. The van der Waals surface area contributed by atoms with Gasteiger partial charge in [0.15, 0.2) is 5.69 Å². The minimum atomic E-state index is -0.0949. The van der Waals surface area contributed by atoms with Gasteiger partial charge in [-0.05, 0) is 32.2 Å². The molecule has 0 bridgehead atoms. The van der Waals surface area contributed by atoms with Gasteiger partial charge in [0.1, 0.15) is 0 Å². The van der Waals surface area contributed by atoms with Crippen LogP contribution in [0.15, 0.2) is 6.20 Å². The number of hydrogen-bond donors (Lipinski definition) is 2. The van der Waals surface area contributed by atoms with Crippen molar-refractivity contribution < 1.29 is 4.79 Å². The first-order valence-electron chi connectivity index (χ1n) is 6.26. The summed E-state index contributed by atoms with van der Waals surface area (Å²) in [7, 11) is 0. The molecule has 1 aromatic heterocycles. The van der Waals surface area contributed by atoms with E-state index in [9.17, 15) is 4.79 Å². The summed E-state index contributed by atoms with van der Waals surface area (Å²) < 4.78 is 1.81. The molecule has 1 aromatic rings. The molecule has 1 atom stereocenters. The predicted molar refractivity (Wildman–Crippen MR) is 61.7 cm³/mol. The lowest BCUT2D eigenvalue weighted by Crippen LogP contribution is -2.32. The number of carbonyl (C=O) groups excluding carboxylic acids is 1. The summed E-state index contributed by atoms with van der Waals surface area (Å²) in [5, 5.41) is 14.2. The number of carbonyl (C=O) groups is 1. The fraction of sp³-hybridized carbons (Fsp3) is 0.727. The monoisotopic (exact) mass is 235 g/mol. The standard InChI is InChI=1S/C11H17N5O/c17-11(13-8-3-4-8)10-7-16(15-14-10)9-2-1-5-12-6-9/h7-9,12H,1-6H2,(H,13,17)/t9-/m0/s1. The van der Waals surface area contributed by atoms with Crippen LogP contribution in [0.25, 0.3) is 0 Å². The van der Waals surface area contributed by atoms with Gasteiger partial charge in [0.05, 0.1) is 12.2 Å². The Kier molecular flexibility index (Phi) is 2.80. The van der Waals surface area contributed by atoms with E-state index >= 15 is 0 Å². The van der Waals surface area contributed by atoms with E-state index in [1.807, 2.05) is 4.68 Å². The highest BCUT2D eigenvalue weighted by Gasteiger charge is 2.25. The average Bonchev–Trinajstić information content (AvgIpc) is 3.04. The van der Waals surface area contributed by atoms with E-state index in [0.29, 0.717) is 17.8 Å². The van der Waals surface area contributed by atoms with Crippen LogP contribution in [0.1, 0.15) is 42.2 Å². The summed E-state index contributed by atoms with van der Waals surface area (Å²) in [6.07, 6.45) is 6.18. The number of nitrogens with one attached hydrogen (secondary N) is 2. The second-order valence-corrected chi connectivity index (χ2v) is 4.83. The molecular formula is C11H17N5O. The lowest BCUT2D eigenvalue weighted by atomic mass is 10.1. The molecule has 6 heteroatoms. The van der Waals surface area contributed by atoms with Gasteiger partial charge in [0.25, 0.3) is 5.91 Å². The largest absolute Gasteiger partial charge is 0.348 e. The minimum absolute atomic E-state index is 0.0949. The van der Waals surface area contributed by atoms with Gasteiger partial charge in [-0.3, -0.25) is 4.79 Å². The topological polar surface area (TPSA) is 71.8 Å². The van der Waals surface area contributed by atoms with Crippen molar-refractivity contribution >= 4 is 5.91 Å². The molecule has 1 saturated heterocycles. The third-order valence-electron chi connectivity index (χ3n) is 3.30. The highest BCUT2D eigenvalue weighted by Crippen LogP contribution is 2.19. The summed E-state index contributed by atoms with van der Waals surface area (Å²) in [5.41, 5.74) is 0.433. The third-order valence-corrected chi connectivity index (χ3v) is 3.30. The van der Waals surface area contributed by atoms with Crippen LogP contribution in [-0.2, 0) is 0 Å². The van der Waals surface area contributed by atoms with E-state index in [0.717, 1.165) is 38.8 Å². The Morgan fingerprint density at radius 2 is 2.35 bits per heavy atom. The van der Waals surface area contributed by atoms with Gasteiger partial charge in [-0.2, -0.15) is 0 Å². The zero-order chi connectivity index (χ0) is 11.7. The van der Waals surface area contributed by atoms with Crippen molar-refractivity contribution in [3.63, 3.8) is 0 Å². The van der Waals surface area contributed by atoms with Crippen molar-refractivity contribution in [1.82, 2.24) is 25.6 Å². The first kappa shape index (κ1) is 10.7. The van der Waals surface area contributed by atoms with Gasteiger partial charge < -0.3 is 10.6 Å². The van der Waals surface area contributed by atoms with Crippen molar-refractivity contribution in [2.75, 3.05) is 13.1 Å². The number of amides is 1. The van der Waals surface area contributed by atoms with Crippen molar-refractivity contribution in [2.24, 2.45) is 0 Å². The molecule has 2 aliphatic rings. The number of rotatable bonds is 3. The number of hydrogen-bond acceptors (Lipinski definition) is 4. The van der Waals surface area contributed by atoms with Crippen molar-refractivity contribution in [2.45, 2.75) is 37.8 Å². The fourth-order valence-electron chi connectivity index (χ4n) is 2.11. The molecule has 3 rings (SSSR count). The van der Waals surface area contributed by atoms with E-state index in [1.165, 1.54) is 0 Å². The molecule has 2 N–H and O–H groups in total. The zero-order valence-corrected chi connectivity index (χ0v) is 9.72. The van der Waals surface area contributed by atoms with Crippen LogP contribution in [0.4, 0.5) is 0 Å². The van der Waals surface area contributed by atoms with Crippen LogP contribution in [0.2, 0.25) is 0 Å². The van der Waals surface area contributed by atoms with Gasteiger partial charge in [-0.25, -0.2) is 4.68 Å². The molecule has 1 amide bonds. The quantitative estimate of drug-likeness (QED) is 0.779. The summed E-state index contributed by atoms with van der Waals surface area (Å²) in [6, 6.07) is 0.697. The Labute approximate surface area is 99.8 Å². The lowest BCUT2D eigenvalue weighted by Gasteiger charge is -2.22. The van der Waals surface area contributed by atoms with E-state index in [4.69, 9.17) is 0 Å². The van der Waals surface area contributed by atoms with Crippen LogP contribution in [0.5, 0.6) is 0 Å². The van der Waals surface area contributed by atoms with Crippen LogP contribution in [0.3, 0.4) is 0 Å². The molecule has 1 aliphatic carbocycles. The SMILES string of the molecule is O=C(NC1CC1)c1cn([C@H]2CCCNC2)nn1. The Morgan fingerprint density at radius 1 is 1.47 bits per heavy atom. The van der Waals surface area contributed by atoms with Crippen LogP contribution >= 0.6 is 0 Å².